The van der Waals surface area contributed by atoms with Crippen LogP contribution in [0.25, 0.3) is 5.57 Å². The van der Waals surface area contributed by atoms with Crippen molar-refractivity contribution in [3.63, 3.8) is 0 Å². The van der Waals surface area contributed by atoms with Gasteiger partial charge in [0.2, 0.25) is 0 Å². The molecule has 0 saturated carbocycles. The molecule has 0 aliphatic rings. The summed E-state index contributed by atoms with van der Waals surface area (Å²) in [6.45, 7) is 11.1. The predicted molar refractivity (Wildman–Crippen MR) is 97.4 cm³/mol. The van der Waals surface area contributed by atoms with Gasteiger partial charge in [0.15, 0.2) is 0 Å². The molecule has 1 aromatic carbocycles. The average molecular weight is 370 g/mol. The number of phosphoric ester groups is 1. The van der Waals surface area contributed by atoms with E-state index in [0.29, 0.717) is 5.75 Å². The second-order valence-electron chi connectivity index (χ2n) is 6.26. The van der Waals surface area contributed by atoms with Gasteiger partial charge in [0.05, 0.1) is 13.2 Å². The Bertz CT molecular complexity index is 633. The van der Waals surface area contributed by atoms with E-state index in [4.69, 9.17) is 18.3 Å². The van der Waals surface area contributed by atoms with Gasteiger partial charge in [-0.15, -0.1) is 0 Å². The van der Waals surface area contributed by atoms with Gasteiger partial charge >= 0.3 is 13.8 Å². The fourth-order valence-corrected chi connectivity index (χ4v) is 3.10. The lowest BCUT2D eigenvalue weighted by Crippen LogP contribution is -2.22. The van der Waals surface area contributed by atoms with Crippen molar-refractivity contribution in [3.8, 4) is 5.75 Å². The number of rotatable bonds is 8. The topological polar surface area (TPSA) is 71.1 Å². The van der Waals surface area contributed by atoms with E-state index in [1.807, 2.05) is 27.7 Å². The molecule has 6 nitrogen and oxygen atoms in total. The van der Waals surface area contributed by atoms with Crippen molar-refractivity contribution < 1.29 is 27.7 Å². The summed E-state index contributed by atoms with van der Waals surface area (Å²) < 4.78 is 33.1. The first-order valence-corrected chi connectivity index (χ1v) is 9.65. The molecule has 0 atom stereocenters. The van der Waals surface area contributed by atoms with Crippen LogP contribution in [0.5, 0.6) is 5.75 Å². The van der Waals surface area contributed by atoms with Crippen LogP contribution in [0.15, 0.2) is 30.3 Å². The first-order valence-electron chi connectivity index (χ1n) is 8.19. The number of ether oxygens (including phenoxy) is 1. The van der Waals surface area contributed by atoms with Crippen molar-refractivity contribution in [2.24, 2.45) is 0 Å². The van der Waals surface area contributed by atoms with Crippen LogP contribution in [0.4, 0.5) is 0 Å². The summed E-state index contributed by atoms with van der Waals surface area (Å²) in [5.74, 6) is -0.0402. The molecule has 0 aromatic heterocycles. The lowest BCUT2D eigenvalue weighted by Gasteiger charge is -2.18. The second kappa shape index (κ2) is 9.18. The van der Waals surface area contributed by atoms with E-state index in [1.54, 1.807) is 38.1 Å². The van der Waals surface area contributed by atoms with Gasteiger partial charge in [0.25, 0.3) is 0 Å². The molecule has 0 N–H and O–H groups in total. The number of benzene rings is 1. The standard InChI is InChI=1S/C18H27O6P/c1-7-21-25(20,22-8-2)24-16-11-9-15(10-12-16)14(3)13-17(19)23-18(4,5)6/h9-13H,7-8H2,1-6H3. The molecular formula is C18H27O6P. The largest absolute Gasteiger partial charge is 0.530 e. The number of phosphoric acid groups is 1. The molecular weight excluding hydrogens is 343 g/mol. The first kappa shape index (κ1) is 21.4. The Kier molecular flexibility index (Phi) is 7.87. The maximum absolute atomic E-state index is 12.3. The van der Waals surface area contributed by atoms with Gasteiger partial charge in [0.1, 0.15) is 11.4 Å². The molecule has 0 bridgehead atoms. The Balaban J connectivity index is 2.84. The number of carbonyl (C=O) groups excluding carboxylic acids is 1. The molecule has 0 heterocycles. The van der Waals surface area contributed by atoms with Gasteiger partial charge in [-0.3, -0.25) is 9.05 Å². The van der Waals surface area contributed by atoms with E-state index in [9.17, 15) is 9.36 Å². The molecule has 0 amide bonds. The van der Waals surface area contributed by atoms with Crippen molar-refractivity contribution in [2.75, 3.05) is 13.2 Å². The predicted octanol–water partition coefficient (Wildman–Crippen LogP) is 4.99. The van der Waals surface area contributed by atoms with E-state index in [0.717, 1.165) is 11.1 Å². The maximum atomic E-state index is 12.3. The highest BCUT2D eigenvalue weighted by Crippen LogP contribution is 2.49. The Labute approximate surface area is 149 Å². The van der Waals surface area contributed by atoms with Gasteiger partial charge in [0, 0.05) is 6.08 Å². The summed E-state index contributed by atoms with van der Waals surface area (Å²) in [4.78, 5) is 11.8. The van der Waals surface area contributed by atoms with E-state index in [2.05, 4.69) is 0 Å². The molecule has 25 heavy (non-hydrogen) atoms. The Hall–Kier alpha value is -1.62. The van der Waals surface area contributed by atoms with Crippen molar-refractivity contribution in [1.29, 1.82) is 0 Å². The van der Waals surface area contributed by atoms with E-state index < -0.39 is 19.4 Å². The summed E-state index contributed by atoms with van der Waals surface area (Å²) >= 11 is 0. The van der Waals surface area contributed by atoms with Crippen molar-refractivity contribution in [1.82, 2.24) is 0 Å². The van der Waals surface area contributed by atoms with Gasteiger partial charge in [-0.25, -0.2) is 9.36 Å². The first-order chi connectivity index (χ1) is 11.6. The highest BCUT2D eigenvalue weighted by Gasteiger charge is 2.27. The minimum atomic E-state index is -3.61. The zero-order chi connectivity index (χ0) is 19.1. The fourth-order valence-electron chi connectivity index (χ4n) is 1.91. The molecule has 1 aromatic rings. The second-order valence-corrected chi connectivity index (χ2v) is 7.85. The monoisotopic (exact) mass is 370 g/mol. The van der Waals surface area contributed by atoms with Gasteiger partial charge in [-0.1, -0.05) is 12.1 Å². The number of hydrogen-bond acceptors (Lipinski definition) is 6. The zero-order valence-electron chi connectivity index (χ0n) is 15.7. The van der Waals surface area contributed by atoms with Gasteiger partial charge in [-0.2, -0.15) is 0 Å². The molecule has 0 aliphatic carbocycles. The quantitative estimate of drug-likeness (QED) is 0.365. The average Bonchev–Trinajstić information content (AvgIpc) is 2.46. The smallest absolute Gasteiger partial charge is 0.457 e. The number of carbonyl (C=O) groups is 1. The Morgan fingerprint density at radius 3 is 2.04 bits per heavy atom. The Morgan fingerprint density at radius 1 is 1.08 bits per heavy atom. The number of esters is 1. The lowest BCUT2D eigenvalue weighted by atomic mass is 10.1. The minimum absolute atomic E-state index is 0.215. The normalized spacial score (nSPS) is 12.8. The maximum Gasteiger partial charge on any atom is 0.530 e. The third kappa shape index (κ3) is 7.86. The lowest BCUT2D eigenvalue weighted by molar-refractivity contribution is -0.148. The molecule has 140 valence electrons. The number of hydrogen-bond donors (Lipinski definition) is 0. The molecule has 0 fully saturated rings. The molecule has 1 rings (SSSR count). The van der Waals surface area contributed by atoms with Crippen LogP contribution < -0.4 is 4.52 Å². The molecule has 0 aliphatic heterocycles. The SMILES string of the molecule is CCOP(=O)(OCC)Oc1ccc(C(C)=CC(=O)OC(C)(C)C)cc1. The molecule has 0 saturated heterocycles. The summed E-state index contributed by atoms with van der Waals surface area (Å²) in [6.07, 6.45) is 1.44. The van der Waals surface area contributed by atoms with Crippen LogP contribution >= 0.6 is 7.82 Å². The van der Waals surface area contributed by atoms with Crippen molar-refractivity contribution in [3.05, 3.63) is 35.9 Å². The van der Waals surface area contributed by atoms with E-state index in [-0.39, 0.29) is 13.2 Å². The Morgan fingerprint density at radius 2 is 1.60 bits per heavy atom. The van der Waals surface area contributed by atoms with Crippen molar-refractivity contribution >= 4 is 19.4 Å². The summed E-state index contributed by atoms with van der Waals surface area (Å²) in [5.41, 5.74) is 1.03. The highest BCUT2D eigenvalue weighted by molar-refractivity contribution is 7.48. The summed E-state index contributed by atoms with van der Waals surface area (Å²) in [7, 11) is -3.61. The van der Waals surface area contributed by atoms with Crippen LogP contribution in [0.3, 0.4) is 0 Å². The third-order valence-electron chi connectivity index (χ3n) is 2.84. The summed E-state index contributed by atoms with van der Waals surface area (Å²) in [5, 5.41) is 0. The van der Waals surface area contributed by atoms with Crippen LogP contribution in [-0.2, 0) is 23.1 Å². The molecule has 0 radical (unpaired) electrons. The zero-order valence-corrected chi connectivity index (χ0v) is 16.6. The number of allylic oxidation sites excluding steroid dienone is 1. The van der Waals surface area contributed by atoms with E-state index in [1.165, 1.54) is 6.08 Å². The molecule has 7 heteroatoms. The van der Waals surface area contributed by atoms with Gasteiger partial charge < -0.3 is 9.26 Å². The van der Waals surface area contributed by atoms with Crippen LogP contribution in [-0.4, -0.2) is 24.8 Å². The van der Waals surface area contributed by atoms with Crippen LogP contribution in [0, 0.1) is 0 Å². The highest BCUT2D eigenvalue weighted by atomic mass is 31.2. The van der Waals surface area contributed by atoms with Crippen LogP contribution in [0.2, 0.25) is 0 Å². The van der Waals surface area contributed by atoms with Crippen LogP contribution in [0.1, 0.15) is 47.1 Å². The van der Waals surface area contributed by atoms with Gasteiger partial charge in [-0.05, 0) is 64.8 Å². The molecule has 0 spiro atoms. The fraction of sp³-hybridized carbons (Fsp3) is 0.500. The van der Waals surface area contributed by atoms with Crippen molar-refractivity contribution in [2.45, 2.75) is 47.1 Å². The van der Waals surface area contributed by atoms with E-state index >= 15 is 0 Å². The summed E-state index contributed by atoms with van der Waals surface area (Å²) in [6, 6.07) is 6.81. The molecule has 0 unspecified atom stereocenters. The minimum Gasteiger partial charge on any atom is -0.457 e. The third-order valence-corrected chi connectivity index (χ3v) is 4.43.